The third-order valence-electron chi connectivity index (χ3n) is 4.99. The molecule has 1 aliphatic carbocycles. The summed E-state index contributed by atoms with van der Waals surface area (Å²) in [6.45, 7) is 4.87. The van der Waals surface area contributed by atoms with Gasteiger partial charge in [-0.1, -0.05) is 6.07 Å². The zero-order valence-electron chi connectivity index (χ0n) is 14.1. The lowest BCUT2D eigenvalue weighted by atomic mass is 10.00. The molecule has 3 rings (SSSR count). The van der Waals surface area contributed by atoms with Crippen LogP contribution in [-0.4, -0.2) is 59.0 Å². The number of carbonyl (C=O) groups excluding carboxylic acids is 1. The van der Waals surface area contributed by atoms with Gasteiger partial charge in [0.25, 0.3) is 0 Å². The summed E-state index contributed by atoms with van der Waals surface area (Å²) in [5.74, 6) is -0.0170. The first-order chi connectivity index (χ1) is 11.7. The molecule has 0 unspecified atom stereocenters. The highest BCUT2D eigenvalue weighted by Gasteiger charge is 2.35. The van der Waals surface area contributed by atoms with E-state index < -0.39 is 5.54 Å². The Hall–Kier alpha value is -1.97. The number of carbonyl (C=O) groups is 1. The zero-order chi connectivity index (χ0) is 16.8. The maximum Gasteiger partial charge on any atom is 0.235 e. The Morgan fingerprint density at radius 2 is 1.92 bits per heavy atom. The van der Waals surface area contributed by atoms with E-state index >= 15 is 0 Å². The van der Waals surface area contributed by atoms with Gasteiger partial charge in [0.1, 0.15) is 5.54 Å². The second-order valence-corrected chi connectivity index (χ2v) is 6.82. The molecule has 1 aromatic rings. The van der Waals surface area contributed by atoms with Gasteiger partial charge in [0.2, 0.25) is 5.91 Å². The van der Waals surface area contributed by atoms with Crippen molar-refractivity contribution in [3.05, 3.63) is 30.1 Å². The van der Waals surface area contributed by atoms with Gasteiger partial charge in [-0.15, -0.1) is 0 Å². The van der Waals surface area contributed by atoms with Crippen molar-refractivity contribution in [1.29, 1.82) is 5.26 Å². The van der Waals surface area contributed by atoms with Crippen molar-refractivity contribution in [2.75, 3.05) is 32.7 Å². The normalized spacial score (nSPS) is 21.3. The number of amides is 1. The molecule has 0 atom stereocenters. The molecule has 24 heavy (non-hydrogen) atoms. The van der Waals surface area contributed by atoms with Crippen molar-refractivity contribution in [2.45, 2.75) is 37.8 Å². The number of pyridine rings is 1. The van der Waals surface area contributed by atoms with E-state index in [1.807, 2.05) is 24.4 Å². The molecule has 0 spiro atoms. The molecule has 0 bridgehead atoms. The van der Waals surface area contributed by atoms with Crippen LogP contribution < -0.4 is 5.32 Å². The summed E-state index contributed by atoms with van der Waals surface area (Å²) in [6.07, 6.45) is 5.45. The predicted octanol–water partition coefficient (Wildman–Crippen LogP) is 1.15. The molecule has 1 amide bonds. The van der Waals surface area contributed by atoms with Crippen LogP contribution in [0.2, 0.25) is 0 Å². The molecule has 1 saturated carbocycles. The minimum atomic E-state index is -0.613. The molecule has 0 aromatic carbocycles. The summed E-state index contributed by atoms with van der Waals surface area (Å²) in [5.41, 5.74) is 0.471. The Kier molecular flexibility index (Phi) is 5.44. The van der Waals surface area contributed by atoms with Crippen molar-refractivity contribution in [1.82, 2.24) is 20.1 Å². The van der Waals surface area contributed by atoms with E-state index in [4.69, 9.17) is 0 Å². The van der Waals surface area contributed by atoms with Crippen LogP contribution in [-0.2, 0) is 11.3 Å². The Morgan fingerprint density at radius 1 is 1.21 bits per heavy atom. The van der Waals surface area contributed by atoms with Gasteiger partial charge in [-0.25, -0.2) is 0 Å². The van der Waals surface area contributed by atoms with Crippen molar-refractivity contribution in [3.8, 4) is 6.07 Å². The molecule has 6 heteroatoms. The van der Waals surface area contributed by atoms with E-state index in [1.165, 1.54) is 0 Å². The quantitative estimate of drug-likeness (QED) is 0.878. The summed E-state index contributed by atoms with van der Waals surface area (Å²) in [4.78, 5) is 21.2. The van der Waals surface area contributed by atoms with Gasteiger partial charge in [0.15, 0.2) is 0 Å². The number of nitriles is 1. The molecular formula is C18H25N5O. The highest BCUT2D eigenvalue weighted by molar-refractivity contribution is 5.79. The van der Waals surface area contributed by atoms with Crippen molar-refractivity contribution >= 4 is 5.91 Å². The van der Waals surface area contributed by atoms with Gasteiger partial charge in [0, 0.05) is 38.9 Å². The summed E-state index contributed by atoms with van der Waals surface area (Å²) >= 11 is 0. The maximum absolute atomic E-state index is 12.3. The predicted molar refractivity (Wildman–Crippen MR) is 90.9 cm³/mol. The summed E-state index contributed by atoms with van der Waals surface area (Å²) < 4.78 is 0. The Morgan fingerprint density at radius 3 is 2.54 bits per heavy atom. The van der Waals surface area contributed by atoms with E-state index in [0.29, 0.717) is 6.54 Å². The number of rotatable bonds is 5. The lowest BCUT2D eigenvalue weighted by molar-refractivity contribution is -0.124. The summed E-state index contributed by atoms with van der Waals surface area (Å²) in [6, 6.07) is 8.30. The van der Waals surface area contributed by atoms with Gasteiger partial charge in [-0.3, -0.25) is 19.6 Å². The number of hydrogen-bond acceptors (Lipinski definition) is 5. The largest absolute Gasteiger partial charge is 0.337 e. The molecule has 1 saturated heterocycles. The second kappa shape index (κ2) is 7.73. The van der Waals surface area contributed by atoms with Crippen LogP contribution in [0.25, 0.3) is 0 Å². The Labute approximate surface area is 143 Å². The maximum atomic E-state index is 12.3. The van der Waals surface area contributed by atoms with Gasteiger partial charge in [-0.05, 0) is 37.8 Å². The first-order valence-corrected chi connectivity index (χ1v) is 8.76. The molecule has 128 valence electrons. The first kappa shape index (κ1) is 16.9. The highest BCUT2D eigenvalue weighted by atomic mass is 16.2. The fourth-order valence-corrected chi connectivity index (χ4v) is 3.58. The van der Waals surface area contributed by atoms with Crippen LogP contribution in [0.4, 0.5) is 0 Å². The van der Waals surface area contributed by atoms with Crippen LogP contribution in [0.15, 0.2) is 24.4 Å². The van der Waals surface area contributed by atoms with Gasteiger partial charge < -0.3 is 5.32 Å². The molecule has 1 aromatic heterocycles. The van der Waals surface area contributed by atoms with Crippen molar-refractivity contribution in [3.63, 3.8) is 0 Å². The number of nitrogens with zero attached hydrogens (tertiary/aromatic N) is 4. The number of hydrogen-bond donors (Lipinski definition) is 1. The third-order valence-corrected chi connectivity index (χ3v) is 4.99. The topological polar surface area (TPSA) is 72.3 Å². The molecular weight excluding hydrogens is 302 g/mol. The number of nitrogens with one attached hydrogen (secondary N) is 1. The minimum Gasteiger partial charge on any atom is -0.337 e. The monoisotopic (exact) mass is 327 g/mol. The molecule has 1 aliphatic heterocycles. The van der Waals surface area contributed by atoms with E-state index in [0.717, 1.165) is 64.1 Å². The fraction of sp³-hybridized carbons (Fsp3) is 0.611. The van der Waals surface area contributed by atoms with E-state index in [1.54, 1.807) is 0 Å². The standard InChI is InChI=1S/C18H25N5O/c19-15-18(6-2-3-7-18)21-17(24)14-23-11-9-22(10-12-23)13-16-5-1-4-8-20-16/h1,4-5,8H,2-3,6-7,9-14H2,(H,21,24). The van der Waals surface area contributed by atoms with Crippen LogP contribution in [0.5, 0.6) is 0 Å². The van der Waals surface area contributed by atoms with E-state index in [-0.39, 0.29) is 5.91 Å². The average Bonchev–Trinajstić information content (AvgIpc) is 3.06. The van der Waals surface area contributed by atoms with Gasteiger partial charge in [0.05, 0.1) is 18.3 Å². The summed E-state index contributed by atoms with van der Waals surface area (Å²) in [5, 5.41) is 12.3. The number of piperazine rings is 1. The molecule has 1 N–H and O–H groups in total. The van der Waals surface area contributed by atoms with Crippen LogP contribution in [0.1, 0.15) is 31.4 Å². The molecule has 2 fully saturated rings. The van der Waals surface area contributed by atoms with Gasteiger partial charge >= 0.3 is 0 Å². The lowest BCUT2D eigenvalue weighted by Crippen LogP contribution is -2.52. The molecule has 2 aliphatic rings. The average molecular weight is 327 g/mol. The second-order valence-electron chi connectivity index (χ2n) is 6.82. The zero-order valence-corrected chi connectivity index (χ0v) is 14.1. The van der Waals surface area contributed by atoms with Crippen LogP contribution in [0.3, 0.4) is 0 Å². The van der Waals surface area contributed by atoms with Gasteiger partial charge in [-0.2, -0.15) is 5.26 Å². The molecule has 0 radical (unpaired) electrons. The van der Waals surface area contributed by atoms with Crippen LogP contribution in [0, 0.1) is 11.3 Å². The van der Waals surface area contributed by atoms with E-state index in [2.05, 4.69) is 26.2 Å². The molecule has 2 heterocycles. The lowest BCUT2D eigenvalue weighted by Gasteiger charge is -2.34. The number of aromatic nitrogens is 1. The third kappa shape index (κ3) is 4.31. The first-order valence-electron chi connectivity index (χ1n) is 8.76. The van der Waals surface area contributed by atoms with Crippen molar-refractivity contribution in [2.24, 2.45) is 0 Å². The smallest absolute Gasteiger partial charge is 0.235 e. The van der Waals surface area contributed by atoms with E-state index in [9.17, 15) is 10.1 Å². The highest BCUT2D eigenvalue weighted by Crippen LogP contribution is 2.28. The Balaban J connectivity index is 1.42. The fourth-order valence-electron chi connectivity index (χ4n) is 3.58. The van der Waals surface area contributed by atoms with Crippen LogP contribution >= 0.6 is 0 Å². The summed E-state index contributed by atoms with van der Waals surface area (Å²) in [7, 11) is 0. The molecule has 6 nitrogen and oxygen atoms in total. The Bertz CT molecular complexity index is 583. The van der Waals surface area contributed by atoms with Crippen molar-refractivity contribution < 1.29 is 4.79 Å². The minimum absolute atomic E-state index is 0.0170. The SMILES string of the molecule is N#CC1(NC(=O)CN2CCN(Cc3ccccn3)CC2)CCCC1.